The van der Waals surface area contributed by atoms with E-state index in [0.29, 0.717) is 24.2 Å². The van der Waals surface area contributed by atoms with Crippen LogP contribution in [0.15, 0.2) is 12.4 Å². The molecule has 0 aromatic carbocycles. The van der Waals surface area contributed by atoms with Gasteiger partial charge in [0.25, 0.3) is 0 Å². The van der Waals surface area contributed by atoms with Gasteiger partial charge < -0.3 is 14.4 Å². The molecule has 3 heterocycles. The van der Waals surface area contributed by atoms with E-state index in [0.717, 1.165) is 56.7 Å². The standard InChI is InChI=1S/C21H33N5O2/c1-21(7-8-21)28-14-5-6-17-16(10-14)20(25-24-17)18-11-19(23-13-22-18)26-9-3-4-15(12-26)27-2/h11,13-17,20,24-25H,3-10,12H2,1-2H3. The Labute approximate surface area is 167 Å². The SMILES string of the molecule is COC1CCCN(c2cc(C3NNC4CCC(OC5(C)CC5)CC43)ncn2)C1. The molecule has 1 aromatic heterocycles. The Balaban J connectivity index is 1.30. The quantitative estimate of drug-likeness (QED) is 0.803. The Morgan fingerprint density at radius 2 is 2.04 bits per heavy atom. The largest absolute Gasteiger partial charge is 0.380 e. The van der Waals surface area contributed by atoms with Crippen molar-refractivity contribution in [3.8, 4) is 0 Å². The van der Waals surface area contributed by atoms with Gasteiger partial charge in [-0.25, -0.2) is 15.4 Å². The van der Waals surface area contributed by atoms with Gasteiger partial charge in [-0.05, 0) is 51.9 Å². The fourth-order valence-electron chi connectivity index (χ4n) is 5.16. The average molecular weight is 388 g/mol. The van der Waals surface area contributed by atoms with Gasteiger partial charge in [-0.15, -0.1) is 0 Å². The third-order valence-corrected chi connectivity index (χ3v) is 7.14. The molecule has 2 aliphatic heterocycles. The van der Waals surface area contributed by atoms with Gasteiger partial charge in [-0.3, -0.25) is 5.43 Å². The molecule has 5 atom stereocenters. The predicted molar refractivity (Wildman–Crippen MR) is 107 cm³/mol. The molecule has 1 aromatic rings. The summed E-state index contributed by atoms with van der Waals surface area (Å²) in [6.07, 6.45) is 10.5. The monoisotopic (exact) mass is 387 g/mol. The fourth-order valence-corrected chi connectivity index (χ4v) is 5.16. The van der Waals surface area contributed by atoms with Crippen LogP contribution in [0.3, 0.4) is 0 Å². The highest BCUT2D eigenvalue weighted by molar-refractivity contribution is 5.40. The Morgan fingerprint density at radius 1 is 1.14 bits per heavy atom. The van der Waals surface area contributed by atoms with Gasteiger partial charge in [0, 0.05) is 38.2 Å². The molecule has 7 nitrogen and oxygen atoms in total. The molecule has 2 saturated carbocycles. The van der Waals surface area contributed by atoms with Gasteiger partial charge in [-0.1, -0.05) is 0 Å². The molecule has 2 N–H and O–H groups in total. The second-order valence-electron chi connectivity index (χ2n) is 9.29. The van der Waals surface area contributed by atoms with Crippen molar-refractivity contribution in [1.82, 2.24) is 20.8 Å². The maximum atomic E-state index is 6.41. The maximum Gasteiger partial charge on any atom is 0.132 e. The summed E-state index contributed by atoms with van der Waals surface area (Å²) < 4.78 is 12.0. The lowest BCUT2D eigenvalue weighted by Crippen LogP contribution is -2.40. The van der Waals surface area contributed by atoms with Gasteiger partial charge in [0.2, 0.25) is 0 Å². The Morgan fingerprint density at radius 3 is 2.86 bits per heavy atom. The molecule has 0 amide bonds. The van der Waals surface area contributed by atoms with Crippen molar-refractivity contribution in [1.29, 1.82) is 0 Å². The molecule has 154 valence electrons. The smallest absolute Gasteiger partial charge is 0.132 e. The number of piperidine rings is 1. The predicted octanol–water partition coefficient (Wildman–Crippen LogP) is 2.35. The number of nitrogens with one attached hydrogen (secondary N) is 2. The van der Waals surface area contributed by atoms with E-state index < -0.39 is 0 Å². The molecular formula is C21H33N5O2. The number of aromatic nitrogens is 2. The molecule has 0 spiro atoms. The van der Waals surface area contributed by atoms with Crippen LogP contribution in [0.2, 0.25) is 0 Å². The summed E-state index contributed by atoms with van der Waals surface area (Å²) in [6, 6.07) is 2.89. The van der Waals surface area contributed by atoms with Crippen LogP contribution in [0.5, 0.6) is 0 Å². The fraction of sp³-hybridized carbons (Fsp3) is 0.810. The zero-order valence-corrected chi connectivity index (χ0v) is 17.1. The first-order valence-corrected chi connectivity index (χ1v) is 10.9. The van der Waals surface area contributed by atoms with Gasteiger partial charge in [0.1, 0.15) is 12.1 Å². The van der Waals surface area contributed by atoms with Gasteiger partial charge in [-0.2, -0.15) is 0 Å². The van der Waals surface area contributed by atoms with E-state index >= 15 is 0 Å². The van der Waals surface area contributed by atoms with E-state index in [4.69, 9.17) is 9.47 Å². The molecule has 4 fully saturated rings. The lowest BCUT2D eigenvalue weighted by molar-refractivity contribution is -0.0500. The number of rotatable bonds is 5. The minimum absolute atomic E-state index is 0.153. The number of nitrogens with zero attached hydrogens (tertiary/aromatic N) is 3. The van der Waals surface area contributed by atoms with Crippen LogP contribution < -0.4 is 15.8 Å². The lowest BCUT2D eigenvalue weighted by atomic mass is 9.79. The van der Waals surface area contributed by atoms with Crippen LogP contribution in [0.1, 0.15) is 63.6 Å². The molecule has 7 heteroatoms. The number of methoxy groups -OCH3 is 1. The first-order valence-electron chi connectivity index (χ1n) is 10.9. The highest BCUT2D eigenvalue weighted by Gasteiger charge is 2.46. The van der Waals surface area contributed by atoms with Crippen LogP contribution >= 0.6 is 0 Å². The van der Waals surface area contributed by atoms with E-state index in [1.165, 1.54) is 12.8 Å². The number of ether oxygens (including phenoxy) is 2. The molecule has 2 aliphatic carbocycles. The molecule has 2 saturated heterocycles. The van der Waals surface area contributed by atoms with E-state index in [9.17, 15) is 0 Å². The van der Waals surface area contributed by atoms with Crippen LogP contribution in [0.25, 0.3) is 0 Å². The average Bonchev–Trinajstić information content (AvgIpc) is 3.30. The molecule has 0 bridgehead atoms. The lowest BCUT2D eigenvalue weighted by Gasteiger charge is -2.35. The molecular weight excluding hydrogens is 354 g/mol. The van der Waals surface area contributed by atoms with Crippen molar-refractivity contribution in [2.45, 2.75) is 81.8 Å². The first-order chi connectivity index (χ1) is 13.6. The molecule has 0 radical (unpaired) electrons. The topological polar surface area (TPSA) is 71.5 Å². The van der Waals surface area contributed by atoms with Crippen molar-refractivity contribution in [3.05, 3.63) is 18.1 Å². The number of hydrazine groups is 1. The van der Waals surface area contributed by atoms with Crippen LogP contribution in [-0.2, 0) is 9.47 Å². The second kappa shape index (κ2) is 7.52. The van der Waals surface area contributed by atoms with Gasteiger partial charge in [0.05, 0.1) is 29.5 Å². The van der Waals surface area contributed by atoms with Crippen molar-refractivity contribution in [3.63, 3.8) is 0 Å². The maximum absolute atomic E-state index is 6.41. The Bertz CT molecular complexity index is 697. The highest BCUT2D eigenvalue weighted by atomic mass is 16.5. The minimum Gasteiger partial charge on any atom is -0.380 e. The Kier molecular flexibility index (Phi) is 5.03. The third-order valence-electron chi connectivity index (χ3n) is 7.14. The van der Waals surface area contributed by atoms with Crippen LogP contribution in [0, 0.1) is 5.92 Å². The zero-order chi connectivity index (χ0) is 19.1. The normalized spacial score (nSPS) is 36.9. The number of hydrogen-bond acceptors (Lipinski definition) is 7. The summed E-state index contributed by atoms with van der Waals surface area (Å²) in [5.74, 6) is 1.53. The summed E-state index contributed by atoms with van der Waals surface area (Å²) in [7, 11) is 1.80. The summed E-state index contributed by atoms with van der Waals surface area (Å²) in [5.41, 5.74) is 8.29. The summed E-state index contributed by atoms with van der Waals surface area (Å²) in [4.78, 5) is 11.5. The van der Waals surface area contributed by atoms with Crippen molar-refractivity contribution < 1.29 is 9.47 Å². The third kappa shape index (κ3) is 3.77. The summed E-state index contributed by atoms with van der Waals surface area (Å²) in [5, 5.41) is 0. The van der Waals surface area contributed by atoms with E-state index in [1.54, 1.807) is 13.4 Å². The molecule has 28 heavy (non-hydrogen) atoms. The van der Waals surface area contributed by atoms with E-state index in [-0.39, 0.29) is 11.6 Å². The van der Waals surface area contributed by atoms with Crippen LogP contribution in [0.4, 0.5) is 5.82 Å². The van der Waals surface area contributed by atoms with Gasteiger partial charge in [0.15, 0.2) is 0 Å². The molecule has 5 rings (SSSR count). The molecule has 5 unspecified atom stereocenters. The number of hydrogen-bond donors (Lipinski definition) is 2. The number of anilines is 1. The Hall–Kier alpha value is -1.28. The van der Waals surface area contributed by atoms with Crippen LogP contribution in [-0.4, -0.2) is 54.0 Å². The van der Waals surface area contributed by atoms with E-state index in [1.807, 2.05) is 0 Å². The van der Waals surface area contributed by atoms with Gasteiger partial charge >= 0.3 is 0 Å². The second-order valence-corrected chi connectivity index (χ2v) is 9.29. The van der Waals surface area contributed by atoms with Crippen molar-refractivity contribution in [2.75, 3.05) is 25.1 Å². The number of fused-ring (bicyclic) bond motifs is 1. The summed E-state index contributed by atoms with van der Waals surface area (Å²) >= 11 is 0. The first kappa shape index (κ1) is 18.7. The summed E-state index contributed by atoms with van der Waals surface area (Å²) in [6.45, 7) is 4.20. The zero-order valence-electron chi connectivity index (χ0n) is 17.1. The van der Waals surface area contributed by atoms with Crippen molar-refractivity contribution in [2.24, 2.45) is 5.92 Å². The molecule has 4 aliphatic rings. The highest BCUT2D eigenvalue weighted by Crippen LogP contribution is 2.45. The minimum atomic E-state index is 0.153. The van der Waals surface area contributed by atoms with Crippen molar-refractivity contribution >= 4 is 5.82 Å². The van der Waals surface area contributed by atoms with E-state index in [2.05, 4.69) is 38.7 Å².